The number of unbranched alkanes of at least 4 members (excludes halogenated alkanes) is 1. The summed E-state index contributed by atoms with van der Waals surface area (Å²) in [6, 6.07) is 9.84. The Morgan fingerprint density at radius 2 is 1.52 bits per heavy atom. The number of benzene rings is 3. The maximum Gasteiger partial charge on any atom is 0.442 e. The van der Waals surface area contributed by atoms with E-state index >= 15 is 0 Å². The van der Waals surface area contributed by atoms with E-state index in [0.29, 0.717) is 91.7 Å². The van der Waals surface area contributed by atoms with Crippen LogP contribution in [0.15, 0.2) is 58.8 Å². The van der Waals surface area contributed by atoms with Crippen molar-refractivity contribution < 1.29 is 75.5 Å². The molecule has 83 heavy (non-hydrogen) atoms. The number of hydrogen-bond acceptors (Lipinski definition) is 17. The van der Waals surface area contributed by atoms with Crippen LogP contribution < -0.4 is 36.1 Å². The quantitative estimate of drug-likeness (QED) is 0.0297. The zero-order valence-corrected chi connectivity index (χ0v) is 48.4. The van der Waals surface area contributed by atoms with Gasteiger partial charge in [-0.05, 0) is 119 Å². The van der Waals surface area contributed by atoms with E-state index in [2.05, 4.69) is 36.8 Å². The standard InChI is InChI=1S/C57H71F3N8O13S2/c1-33-34(2)49-40(35(3)48(33)71)19-20-55(4,81-49)32-80-39-17-11-36(12-18-39)29-44-52(74)68(54(76)83-44)46(70)30-41(63-50(72)37-13-15-38(16-14-37)56(66-67-56)57(58,59)60)51(73)62-22-8-24-78-26-28-79-27-25-77-23-7-21-61-45(69)10-6-5-9-43-47-42(31-82-43)64-53(75)65-47/h11-18,41-44,47,71H,5-10,19-32H2,1-4H3,(H,61,69)(H,62,73)(H,63,72)(H2,64,65,75)/t41-,42+,43+,44?,47+,55?/m1/s1. The number of fused-ring (bicyclic) bond motifs is 2. The van der Waals surface area contributed by atoms with Crippen molar-refractivity contribution in [2.45, 2.75) is 138 Å². The number of hydrogen-bond donors (Lipinski definition) is 6. The lowest BCUT2D eigenvalue weighted by Crippen LogP contribution is -2.50. The number of rotatable bonds is 30. The first-order chi connectivity index (χ1) is 39.7. The summed E-state index contributed by atoms with van der Waals surface area (Å²) in [6.45, 7) is 10.2. The summed E-state index contributed by atoms with van der Waals surface area (Å²) in [5, 5.41) is 29.4. The van der Waals surface area contributed by atoms with Crippen molar-refractivity contribution in [3.05, 3.63) is 87.5 Å². The molecule has 8 rings (SSSR count). The number of nitrogens with zero attached hydrogens (tertiary/aromatic N) is 3. The number of aromatic hydroxyl groups is 1. The smallest absolute Gasteiger partial charge is 0.442 e. The van der Waals surface area contributed by atoms with E-state index in [4.69, 9.17) is 23.7 Å². The number of nitrogens with one attached hydrogen (secondary N) is 5. The van der Waals surface area contributed by atoms with Crippen LogP contribution in [0.3, 0.4) is 0 Å². The van der Waals surface area contributed by atoms with E-state index in [1.54, 1.807) is 24.3 Å². The van der Waals surface area contributed by atoms with Crippen molar-refractivity contribution in [2.75, 3.05) is 65.1 Å². The minimum Gasteiger partial charge on any atom is -0.507 e. The molecule has 3 aromatic rings. The molecule has 6 atom stereocenters. The summed E-state index contributed by atoms with van der Waals surface area (Å²) < 4.78 is 70.3. The topological polar surface area (TPSA) is 274 Å². The molecule has 0 radical (unpaired) electrons. The summed E-state index contributed by atoms with van der Waals surface area (Å²) >= 11 is 2.52. The molecule has 5 aliphatic heterocycles. The van der Waals surface area contributed by atoms with Crippen LogP contribution >= 0.6 is 23.5 Å². The van der Waals surface area contributed by atoms with Gasteiger partial charge in [-0.3, -0.25) is 28.8 Å². The Kier molecular flexibility index (Phi) is 21.1. The number of alkyl halides is 3. The summed E-state index contributed by atoms with van der Waals surface area (Å²) in [6.07, 6.45) is -0.105. The largest absolute Gasteiger partial charge is 0.507 e. The van der Waals surface area contributed by atoms with Gasteiger partial charge >= 0.3 is 17.9 Å². The van der Waals surface area contributed by atoms with Crippen molar-refractivity contribution in [1.29, 1.82) is 0 Å². The van der Waals surface area contributed by atoms with Crippen LogP contribution in [-0.4, -0.2) is 156 Å². The third-order valence-electron chi connectivity index (χ3n) is 15.3. The molecular formula is C57H71F3N8O13S2. The third-order valence-corrected chi connectivity index (χ3v) is 17.8. The van der Waals surface area contributed by atoms with E-state index in [0.717, 1.165) is 77.3 Å². The van der Waals surface area contributed by atoms with E-state index < -0.39 is 64.0 Å². The van der Waals surface area contributed by atoms with Gasteiger partial charge in [0.1, 0.15) is 35.5 Å². The number of imide groups is 3. The number of halogens is 3. The van der Waals surface area contributed by atoms with Crippen LogP contribution in [0.25, 0.3) is 0 Å². The molecule has 26 heteroatoms. The lowest BCUT2D eigenvalue weighted by Gasteiger charge is -2.37. The fraction of sp³-hybridized carbons (Fsp3) is 0.561. The first-order valence-corrected chi connectivity index (χ1v) is 29.8. The number of carbonyl (C=O) groups is 7. The van der Waals surface area contributed by atoms with Crippen molar-refractivity contribution in [2.24, 2.45) is 10.2 Å². The Morgan fingerprint density at radius 3 is 2.18 bits per heavy atom. The van der Waals surface area contributed by atoms with E-state index in [1.807, 2.05) is 39.5 Å². The minimum atomic E-state index is -4.80. The summed E-state index contributed by atoms with van der Waals surface area (Å²) in [5.74, 6) is -1.12. The molecule has 6 N–H and O–H groups in total. The molecule has 3 saturated heterocycles. The molecule has 450 valence electrons. The van der Waals surface area contributed by atoms with Gasteiger partial charge in [0.25, 0.3) is 17.1 Å². The molecule has 5 aliphatic rings. The van der Waals surface area contributed by atoms with Crippen molar-refractivity contribution in [1.82, 2.24) is 31.5 Å². The number of phenols is 1. The van der Waals surface area contributed by atoms with Crippen LogP contribution in [0.2, 0.25) is 0 Å². The first-order valence-electron chi connectivity index (χ1n) is 27.8. The van der Waals surface area contributed by atoms with Crippen LogP contribution in [0, 0.1) is 20.8 Å². The van der Waals surface area contributed by atoms with E-state index in [9.17, 15) is 51.8 Å². The summed E-state index contributed by atoms with van der Waals surface area (Å²) in [4.78, 5) is 92.1. The van der Waals surface area contributed by atoms with Crippen LogP contribution in [0.4, 0.5) is 22.8 Å². The highest BCUT2D eigenvalue weighted by Gasteiger charge is 2.65. The van der Waals surface area contributed by atoms with E-state index in [1.165, 1.54) is 0 Å². The highest BCUT2D eigenvalue weighted by atomic mass is 32.2. The van der Waals surface area contributed by atoms with Gasteiger partial charge in [0.05, 0.1) is 50.2 Å². The van der Waals surface area contributed by atoms with Gasteiger partial charge in [-0.15, -0.1) is 10.2 Å². The molecule has 0 bridgehead atoms. The zero-order chi connectivity index (χ0) is 59.5. The predicted molar refractivity (Wildman–Crippen MR) is 301 cm³/mol. The molecule has 3 aromatic carbocycles. The zero-order valence-electron chi connectivity index (χ0n) is 46.8. The van der Waals surface area contributed by atoms with E-state index in [-0.39, 0.29) is 80.3 Å². The Hall–Kier alpha value is -6.48. The second kappa shape index (κ2) is 27.9. The monoisotopic (exact) mass is 1200 g/mol. The molecule has 0 aromatic heterocycles. The fourth-order valence-corrected chi connectivity index (χ4v) is 12.8. The Bertz CT molecular complexity index is 2900. The molecule has 0 aliphatic carbocycles. The Morgan fingerprint density at radius 1 is 0.855 bits per heavy atom. The third kappa shape index (κ3) is 15.8. The SMILES string of the molecule is Cc1c(C)c2c(c(C)c1O)CCC(C)(COc1ccc(CC3SC(=O)N(C(=O)C[C@@H](NC(=O)c4ccc(C5(C(F)(F)F)N=N5)cc4)C(=O)NCCCOCCOCCOCCCNC(=O)CCCC[C@@H]4SC[C@@H]5NC(=O)N[C@@H]54)C3=O)cc1)O2. The van der Waals surface area contributed by atoms with Crippen LogP contribution in [-0.2, 0) is 51.9 Å². The number of amides is 8. The number of phenolic OH excluding ortho intramolecular Hbond substituents is 1. The highest BCUT2D eigenvalue weighted by molar-refractivity contribution is 8.15. The van der Waals surface area contributed by atoms with Crippen molar-refractivity contribution in [3.63, 3.8) is 0 Å². The molecule has 3 fully saturated rings. The van der Waals surface area contributed by atoms with Gasteiger partial charge < -0.3 is 55.4 Å². The normalized spacial score (nSPS) is 21.6. The fourth-order valence-electron chi connectivity index (χ4n) is 10.2. The molecule has 21 nitrogen and oxygen atoms in total. The highest BCUT2D eigenvalue weighted by Crippen LogP contribution is 2.52. The summed E-state index contributed by atoms with van der Waals surface area (Å²) in [7, 11) is 0. The maximum absolute atomic E-state index is 13.8. The van der Waals surface area contributed by atoms with Gasteiger partial charge in [0, 0.05) is 60.4 Å². The molecular weight excluding hydrogens is 1130 g/mol. The van der Waals surface area contributed by atoms with Crippen molar-refractivity contribution in [3.8, 4) is 17.2 Å². The lowest BCUT2D eigenvalue weighted by atomic mass is 9.87. The second-order valence-corrected chi connectivity index (χ2v) is 23.8. The average molecular weight is 1200 g/mol. The lowest BCUT2D eigenvalue weighted by molar-refractivity contribution is -0.166. The van der Waals surface area contributed by atoms with Gasteiger partial charge in [-0.25, -0.2) is 9.69 Å². The number of carbonyl (C=O) groups excluding carboxylic acids is 7. The second-order valence-electron chi connectivity index (χ2n) is 21.4. The minimum absolute atomic E-state index is 0.00142. The van der Waals surface area contributed by atoms with Crippen molar-refractivity contribution >= 4 is 64.3 Å². The number of ether oxygens (including phenoxy) is 5. The van der Waals surface area contributed by atoms with Gasteiger partial charge in [-0.2, -0.15) is 24.9 Å². The van der Waals surface area contributed by atoms with Gasteiger partial charge in [-0.1, -0.05) is 42.4 Å². The Balaban J connectivity index is 0.734. The molecule has 0 spiro atoms. The Labute approximate surface area is 487 Å². The predicted octanol–water partition coefficient (Wildman–Crippen LogP) is 6.77. The molecule has 8 amide bonds. The van der Waals surface area contributed by atoms with Crippen LogP contribution in [0.1, 0.15) is 102 Å². The number of urea groups is 1. The van der Waals surface area contributed by atoms with Gasteiger partial charge in [0.15, 0.2) is 0 Å². The number of thioether (sulfide) groups is 2. The van der Waals surface area contributed by atoms with Gasteiger partial charge in [0.2, 0.25) is 17.7 Å². The molecule has 0 saturated carbocycles. The average Bonchev–Trinajstić information content (AvgIpc) is 2.30. The molecule has 5 heterocycles. The first kappa shape index (κ1) is 62.6. The maximum atomic E-state index is 13.8. The summed E-state index contributed by atoms with van der Waals surface area (Å²) in [5.41, 5.74) is 0.251. The van der Waals surface area contributed by atoms with Crippen LogP contribution in [0.5, 0.6) is 17.2 Å². The molecule has 2 unspecified atom stereocenters.